The number of aromatic nitrogens is 3. The van der Waals surface area contributed by atoms with Crippen molar-refractivity contribution in [1.29, 1.82) is 0 Å². The lowest BCUT2D eigenvalue weighted by Crippen LogP contribution is -2.31. The van der Waals surface area contributed by atoms with Gasteiger partial charge in [-0.25, -0.2) is 9.78 Å². The van der Waals surface area contributed by atoms with Crippen molar-refractivity contribution < 1.29 is 14.7 Å². The number of amides is 1. The van der Waals surface area contributed by atoms with Crippen molar-refractivity contribution >= 4 is 11.9 Å². The fraction of sp³-hybridized carbons (Fsp3) is 0.333. The van der Waals surface area contributed by atoms with Gasteiger partial charge in [0, 0.05) is 30.1 Å². The number of hydrogen-bond donors (Lipinski definition) is 2. The van der Waals surface area contributed by atoms with Crippen LogP contribution in [0.3, 0.4) is 0 Å². The first-order valence-electron chi connectivity index (χ1n) is 7.07. The van der Waals surface area contributed by atoms with Crippen LogP contribution in [0.25, 0.3) is 0 Å². The van der Waals surface area contributed by atoms with Gasteiger partial charge in [0.25, 0.3) is 5.91 Å². The van der Waals surface area contributed by atoms with E-state index >= 15 is 0 Å². The Bertz CT molecular complexity index is 738. The summed E-state index contributed by atoms with van der Waals surface area (Å²) >= 11 is 0. The van der Waals surface area contributed by atoms with Crippen molar-refractivity contribution in [1.82, 2.24) is 20.1 Å². The topological polar surface area (TPSA) is 97.1 Å². The second-order valence-corrected chi connectivity index (χ2v) is 5.32. The normalized spacial score (nSPS) is 16.9. The second-order valence-electron chi connectivity index (χ2n) is 5.32. The molecule has 0 spiro atoms. The van der Waals surface area contributed by atoms with Crippen LogP contribution in [0, 0.1) is 0 Å². The fourth-order valence-electron chi connectivity index (χ4n) is 2.79. The van der Waals surface area contributed by atoms with E-state index in [1.54, 1.807) is 6.20 Å². The number of carboxylic acids is 1. The minimum Gasteiger partial charge on any atom is -0.477 e. The second kappa shape index (κ2) is 5.59. The highest BCUT2D eigenvalue weighted by molar-refractivity contribution is 5.96. The van der Waals surface area contributed by atoms with Gasteiger partial charge in [-0.15, -0.1) is 0 Å². The third-order valence-electron chi connectivity index (χ3n) is 3.92. The fourth-order valence-corrected chi connectivity index (χ4v) is 2.79. The van der Waals surface area contributed by atoms with E-state index in [2.05, 4.69) is 15.4 Å². The average Bonchev–Trinajstić information content (AvgIpc) is 2.90. The van der Waals surface area contributed by atoms with Gasteiger partial charge in [-0.05, 0) is 31.4 Å². The number of carboxylic acid groups (broad SMARTS) is 1. The minimum atomic E-state index is -1.15. The Labute approximate surface area is 127 Å². The van der Waals surface area contributed by atoms with E-state index in [0.29, 0.717) is 5.56 Å². The molecule has 3 rings (SSSR count). The van der Waals surface area contributed by atoms with Crippen LogP contribution in [0.4, 0.5) is 0 Å². The van der Waals surface area contributed by atoms with Gasteiger partial charge in [0.05, 0.1) is 12.2 Å². The quantitative estimate of drug-likeness (QED) is 0.891. The molecule has 0 aliphatic heterocycles. The molecule has 2 aromatic heterocycles. The Morgan fingerprint density at radius 1 is 1.45 bits per heavy atom. The van der Waals surface area contributed by atoms with Crippen molar-refractivity contribution in [3.63, 3.8) is 0 Å². The highest BCUT2D eigenvalue weighted by Gasteiger charge is 2.25. The van der Waals surface area contributed by atoms with Gasteiger partial charge >= 0.3 is 5.97 Å². The van der Waals surface area contributed by atoms with Crippen LogP contribution in [0.5, 0.6) is 0 Å². The monoisotopic (exact) mass is 300 g/mol. The molecule has 0 fully saturated rings. The Hall–Kier alpha value is -2.70. The molecular weight excluding hydrogens is 284 g/mol. The minimum absolute atomic E-state index is 0.0913. The maximum absolute atomic E-state index is 12.3. The van der Waals surface area contributed by atoms with E-state index in [9.17, 15) is 9.59 Å². The third kappa shape index (κ3) is 2.57. The molecule has 22 heavy (non-hydrogen) atoms. The standard InChI is InChI=1S/C15H16N4O3/c1-19-13-4-2-3-11(10(13)8-17-19)18-14(20)9-5-6-16-12(7-9)15(21)22/h5-8,11H,2-4H2,1H3,(H,18,20)(H,21,22). The smallest absolute Gasteiger partial charge is 0.354 e. The lowest BCUT2D eigenvalue weighted by molar-refractivity contribution is 0.0690. The first-order chi connectivity index (χ1) is 10.6. The molecule has 1 atom stereocenters. The summed E-state index contributed by atoms with van der Waals surface area (Å²) in [6.45, 7) is 0. The summed E-state index contributed by atoms with van der Waals surface area (Å²) in [6.07, 6.45) is 5.90. The number of carbonyl (C=O) groups excluding carboxylic acids is 1. The van der Waals surface area contributed by atoms with Gasteiger partial charge in [0.1, 0.15) is 5.69 Å². The summed E-state index contributed by atoms with van der Waals surface area (Å²) in [5, 5.41) is 16.1. The number of aromatic carboxylic acids is 1. The maximum atomic E-state index is 12.3. The molecule has 1 unspecified atom stereocenters. The van der Waals surface area contributed by atoms with Gasteiger partial charge < -0.3 is 10.4 Å². The highest BCUT2D eigenvalue weighted by atomic mass is 16.4. The van der Waals surface area contributed by atoms with Crippen LogP contribution < -0.4 is 5.32 Å². The summed E-state index contributed by atoms with van der Waals surface area (Å²) < 4.78 is 1.84. The number of hydrogen-bond acceptors (Lipinski definition) is 4. The molecule has 0 aromatic carbocycles. The van der Waals surface area contributed by atoms with Gasteiger partial charge in [-0.1, -0.05) is 0 Å². The first kappa shape index (κ1) is 14.2. The Morgan fingerprint density at radius 3 is 3.05 bits per heavy atom. The molecule has 0 saturated carbocycles. The largest absolute Gasteiger partial charge is 0.477 e. The molecule has 0 radical (unpaired) electrons. The van der Waals surface area contributed by atoms with E-state index in [1.807, 2.05) is 11.7 Å². The summed E-state index contributed by atoms with van der Waals surface area (Å²) in [5.41, 5.74) is 2.33. The van der Waals surface area contributed by atoms with E-state index in [4.69, 9.17) is 5.11 Å². The van der Waals surface area contributed by atoms with Crippen LogP contribution in [-0.2, 0) is 13.5 Å². The van der Waals surface area contributed by atoms with Crippen molar-refractivity contribution in [2.45, 2.75) is 25.3 Å². The summed E-state index contributed by atoms with van der Waals surface area (Å²) in [6, 6.07) is 2.70. The molecule has 1 aliphatic rings. The molecule has 1 aliphatic carbocycles. The SMILES string of the molecule is Cn1ncc2c1CCCC2NC(=O)c1ccnc(C(=O)O)c1. The Kier molecular flexibility index (Phi) is 3.62. The highest BCUT2D eigenvalue weighted by Crippen LogP contribution is 2.29. The van der Waals surface area contributed by atoms with Crippen LogP contribution >= 0.6 is 0 Å². The summed E-state index contributed by atoms with van der Waals surface area (Å²) in [7, 11) is 1.89. The number of aryl methyl sites for hydroxylation is 1. The summed E-state index contributed by atoms with van der Waals surface area (Å²) in [5.74, 6) is -1.45. The Balaban J connectivity index is 1.81. The van der Waals surface area contributed by atoms with Crippen LogP contribution in [0.2, 0.25) is 0 Å². The predicted octanol–water partition coefficient (Wildman–Crippen LogP) is 1.32. The van der Waals surface area contributed by atoms with Gasteiger partial charge in [0.2, 0.25) is 0 Å². The Morgan fingerprint density at radius 2 is 2.27 bits per heavy atom. The molecule has 2 N–H and O–H groups in total. The zero-order chi connectivity index (χ0) is 15.7. The van der Waals surface area contributed by atoms with E-state index < -0.39 is 5.97 Å². The van der Waals surface area contributed by atoms with E-state index in [0.717, 1.165) is 30.5 Å². The number of nitrogens with zero attached hydrogens (tertiary/aromatic N) is 3. The van der Waals surface area contributed by atoms with Crippen molar-refractivity contribution in [3.8, 4) is 0 Å². The zero-order valence-electron chi connectivity index (χ0n) is 12.1. The van der Waals surface area contributed by atoms with Crippen LogP contribution in [-0.4, -0.2) is 31.7 Å². The maximum Gasteiger partial charge on any atom is 0.354 e. The molecule has 2 aromatic rings. The lowest BCUT2D eigenvalue weighted by Gasteiger charge is -2.23. The zero-order valence-corrected chi connectivity index (χ0v) is 12.1. The third-order valence-corrected chi connectivity index (χ3v) is 3.92. The number of fused-ring (bicyclic) bond motifs is 1. The average molecular weight is 300 g/mol. The lowest BCUT2D eigenvalue weighted by atomic mass is 9.93. The van der Waals surface area contributed by atoms with E-state index in [1.165, 1.54) is 18.3 Å². The molecule has 1 amide bonds. The summed E-state index contributed by atoms with van der Waals surface area (Å²) in [4.78, 5) is 27.0. The molecule has 7 heteroatoms. The van der Waals surface area contributed by atoms with Gasteiger partial charge in [0.15, 0.2) is 0 Å². The van der Waals surface area contributed by atoms with Crippen molar-refractivity contribution in [3.05, 3.63) is 47.0 Å². The van der Waals surface area contributed by atoms with E-state index in [-0.39, 0.29) is 17.6 Å². The molecule has 0 saturated heterocycles. The molecule has 114 valence electrons. The molecular formula is C15H16N4O3. The number of rotatable bonds is 3. The van der Waals surface area contributed by atoms with Gasteiger partial charge in [-0.2, -0.15) is 5.10 Å². The molecule has 7 nitrogen and oxygen atoms in total. The first-order valence-corrected chi connectivity index (χ1v) is 7.07. The van der Waals surface area contributed by atoms with Crippen molar-refractivity contribution in [2.24, 2.45) is 7.05 Å². The molecule has 2 heterocycles. The van der Waals surface area contributed by atoms with Gasteiger partial charge in [-0.3, -0.25) is 9.48 Å². The number of pyridine rings is 1. The number of carbonyl (C=O) groups is 2. The predicted molar refractivity (Wildman–Crippen MR) is 77.5 cm³/mol. The molecule has 0 bridgehead atoms. The van der Waals surface area contributed by atoms with Crippen LogP contribution in [0.15, 0.2) is 24.5 Å². The number of nitrogens with one attached hydrogen (secondary N) is 1. The van der Waals surface area contributed by atoms with Crippen molar-refractivity contribution in [2.75, 3.05) is 0 Å². The van der Waals surface area contributed by atoms with Crippen LogP contribution in [0.1, 0.15) is 51.0 Å².